The zero-order chi connectivity index (χ0) is 15.7. The van der Waals surface area contributed by atoms with Crippen molar-refractivity contribution in [2.75, 3.05) is 7.11 Å². The Morgan fingerprint density at radius 3 is 2.91 bits per heavy atom. The van der Waals surface area contributed by atoms with Crippen LogP contribution in [-0.2, 0) is 6.42 Å². The van der Waals surface area contributed by atoms with Gasteiger partial charge in [0.15, 0.2) is 0 Å². The molecule has 1 N–H and O–H groups in total. The number of nitrogens with zero attached hydrogens (tertiary/aromatic N) is 1. The molecule has 0 heterocycles. The lowest BCUT2D eigenvalue weighted by Gasteiger charge is -2.49. The highest BCUT2D eigenvalue weighted by molar-refractivity contribution is 5.66. The van der Waals surface area contributed by atoms with E-state index in [9.17, 15) is 0 Å². The molecule has 0 unspecified atom stereocenters. The molecule has 3 rings (SSSR count). The van der Waals surface area contributed by atoms with Gasteiger partial charge in [0.1, 0.15) is 5.75 Å². The summed E-state index contributed by atoms with van der Waals surface area (Å²) in [6.45, 7) is 6.27. The highest BCUT2D eigenvalue weighted by Crippen LogP contribution is 2.54. The molecule has 2 aliphatic rings. The first kappa shape index (κ1) is 15.1. The van der Waals surface area contributed by atoms with E-state index < -0.39 is 0 Å². The minimum atomic E-state index is -0.0817. The first-order valence-corrected chi connectivity index (χ1v) is 8.11. The number of hydrogen-bond donors (Lipinski definition) is 1. The van der Waals surface area contributed by atoms with E-state index in [1.165, 1.54) is 11.1 Å². The summed E-state index contributed by atoms with van der Waals surface area (Å²) >= 11 is 0. The summed E-state index contributed by atoms with van der Waals surface area (Å²) in [6, 6.07) is 6.51. The molecular weight excluding hydrogens is 274 g/mol. The van der Waals surface area contributed by atoms with E-state index in [0.29, 0.717) is 17.8 Å². The van der Waals surface area contributed by atoms with Crippen molar-refractivity contribution in [3.8, 4) is 5.75 Å². The molecule has 2 aliphatic carbocycles. The van der Waals surface area contributed by atoms with Crippen LogP contribution >= 0.6 is 0 Å². The molecule has 1 saturated carbocycles. The second kappa shape index (κ2) is 5.79. The lowest BCUT2D eigenvalue weighted by Crippen LogP contribution is -2.42. The maximum Gasteiger partial charge on any atom is 0.119 e. The van der Waals surface area contributed by atoms with E-state index in [4.69, 9.17) is 9.94 Å². The van der Waals surface area contributed by atoms with Crippen LogP contribution in [0.25, 0.3) is 0 Å². The van der Waals surface area contributed by atoms with Crippen molar-refractivity contribution in [3.63, 3.8) is 0 Å². The number of fused-ring (bicyclic) bond motifs is 3. The molecular formula is C19H25NO2. The Balaban J connectivity index is 1.96. The van der Waals surface area contributed by atoms with Gasteiger partial charge in [-0.2, -0.15) is 0 Å². The average Bonchev–Trinajstić information content (AvgIpc) is 2.53. The quantitative estimate of drug-likeness (QED) is 0.389. The molecule has 0 aromatic heterocycles. The second-order valence-electron chi connectivity index (χ2n) is 6.92. The van der Waals surface area contributed by atoms with Crippen LogP contribution < -0.4 is 4.74 Å². The molecule has 1 fully saturated rings. The summed E-state index contributed by atoms with van der Waals surface area (Å²) in [7, 11) is 1.72. The zero-order valence-electron chi connectivity index (χ0n) is 13.5. The van der Waals surface area contributed by atoms with Gasteiger partial charge in [-0.1, -0.05) is 19.1 Å². The maximum atomic E-state index is 9.03. The molecule has 3 heteroatoms. The third-order valence-corrected chi connectivity index (χ3v) is 5.84. The molecule has 0 aliphatic heterocycles. The van der Waals surface area contributed by atoms with Gasteiger partial charge in [0.05, 0.1) is 13.3 Å². The smallest absolute Gasteiger partial charge is 0.119 e. The Bertz CT molecular complexity index is 595. The Hall–Kier alpha value is -1.77. The average molecular weight is 299 g/mol. The van der Waals surface area contributed by atoms with Gasteiger partial charge in [-0.3, -0.25) is 0 Å². The van der Waals surface area contributed by atoms with Crippen molar-refractivity contribution in [1.82, 2.24) is 0 Å². The minimum absolute atomic E-state index is 0.0817. The number of rotatable bonds is 3. The first-order chi connectivity index (χ1) is 10.6. The normalized spacial score (nSPS) is 34.0. The van der Waals surface area contributed by atoms with Gasteiger partial charge in [0.25, 0.3) is 0 Å². The fourth-order valence-electron chi connectivity index (χ4n) is 4.69. The Kier molecular flexibility index (Phi) is 3.98. The summed E-state index contributed by atoms with van der Waals surface area (Å²) < 4.78 is 5.36. The predicted octanol–water partition coefficient (Wildman–Crippen LogP) is 4.40. The van der Waals surface area contributed by atoms with Crippen molar-refractivity contribution >= 4 is 6.21 Å². The van der Waals surface area contributed by atoms with Crippen molar-refractivity contribution in [3.05, 3.63) is 42.0 Å². The fourth-order valence-corrected chi connectivity index (χ4v) is 4.69. The van der Waals surface area contributed by atoms with E-state index in [1.807, 2.05) is 0 Å². The van der Waals surface area contributed by atoms with Gasteiger partial charge in [0.2, 0.25) is 0 Å². The largest absolute Gasteiger partial charge is 0.497 e. The SMILES string of the molecule is C=C[C@H]1[C@@H]2CCc3cc(OC)ccc3[C@H]2CC[C@]1(C)/C=N/O. The van der Waals surface area contributed by atoms with Gasteiger partial charge in [0, 0.05) is 5.41 Å². The summed E-state index contributed by atoms with van der Waals surface area (Å²) in [5.74, 6) is 2.47. The molecule has 118 valence electrons. The number of oxime groups is 1. The van der Waals surface area contributed by atoms with Crippen LogP contribution in [-0.4, -0.2) is 18.5 Å². The van der Waals surface area contributed by atoms with Gasteiger partial charge < -0.3 is 9.94 Å². The van der Waals surface area contributed by atoms with Gasteiger partial charge in [-0.25, -0.2) is 0 Å². The van der Waals surface area contributed by atoms with Crippen LogP contribution in [0.2, 0.25) is 0 Å². The molecule has 0 radical (unpaired) electrons. The van der Waals surface area contributed by atoms with E-state index >= 15 is 0 Å². The number of allylic oxidation sites excluding steroid dienone is 1. The lowest BCUT2D eigenvalue weighted by atomic mass is 9.55. The monoisotopic (exact) mass is 299 g/mol. The molecule has 22 heavy (non-hydrogen) atoms. The minimum Gasteiger partial charge on any atom is -0.497 e. The number of aryl methyl sites for hydroxylation is 1. The van der Waals surface area contributed by atoms with E-state index in [0.717, 1.165) is 31.4 Å². The van der Waals surface area contributed by atoms with Crippen LogP contribution in [0.15, 0.2) is 36.0 Å². The Morgan fingerprint density at radius 2 is 2.23 bits per heavy atom. The molecule has 0 spiro atoms. The van der Waals surface area contributed by atoms with Crippen LogP contribution in [0.1, 0.15) is 43.2 Å². The van der Waals surface area contributed by atoms with E-state index in [2.05, 4.69) is 42.9 Å². The van der Waals surface area contributed by atoms with Crippen LogP contribution in [0.5, 0.6) is 5.75 Å². The predicted molar refractivity (Wildman–Crippen MR) is 88.9 cm³/mol. The Morgan fingerprint density at radius 1 is 1.41 bits per heavy atom. The summed E-state index contributed by atoms with van der Waals surface area (Å²) in [4.78, 5) is 0. The van der Waals surface area contributed by atoms with Crippen LogP contribution in [0, 0.1) is 17.3 Å². The Labute approximate surface area is 132 Å². The molecule has 4 atom stereocenters. The van der Waals surface area contributed by atoms with Crippen molar-refractivity contribution in [2.24, 2.45) is 22.4 Å². The fraction of sp³-hybridized carbons (Fsp3) is 0.526. The summed E-state index contributed by atoms with van der Waals surface area (Å²) in [5.41, 5.74) is 2.83. The van der Waals surface area contributed by atoms with E-state index in [-0.39, 0.29) is 5.41 Å². The topological polar surface area (TPSA) is 41.8 Å². The molecule has 1 aromatic rings. The molecule has 0 amide bonds. The number of benzene rings is 1. The first-order valence-electron chi connectivity index (χ1n) is 8.11. The number of hydrogen-bond acceptors (Lipinski definition) is 3. The third kappa shape index (κ3) is 2.33. The van der Waals surface area contributed by atoms with Gasteiger partial charge in [-0.15, -0.1) is 11.7 Å². The van der Waals surface area contributed by atoms with Crippen LogP contribution in [0.3, 0.4) is 0 Å². The molecule has 0 bridgehead atoms. The van der Waals surface area contributed by atoms with Gasteiger partial charge in [-0.05, 0) is 66.7 Å². The lowest BCUT2D eigenvalue weighted by molar-refractivity contribution is 0.120. The molecule has 3 nitrogen and oxygen atoms in total. The molecule has 1 aromatic carbocycles. The summed E-state index contributed by atoms with van der Waals surface area (Å²) in [5, 5.41) is 12.4. The number of methoxy groups -OCH3 is 1. The highest BCUT2D eigenvalue weighted by Gasteiger charge is 2.46. The number of ether oxygens (including phenoxy) is 1. The van der Waals surface area contributed by atoms with Crippen molar-refractivity contribution < 1.29 is 9.94 Å². The zero-order valence-corrected chi connectivity index (χ0v) is 13.5. The van der Waals surface area contributed by atoms with E-state index in [1.54, 1.807) is 13.3 Å². The van der Waals surface area contributed by atoms with Crippen LogP contribution in [0.4, 0.5) is 0 Å². The van der Waals surface area contributed by atoms with Crippen molar-refractivity contribution in [1.29, 1.82) is 0 Å². The second-order valence-corrected chi connectivity index (χ2v) is 6.92. The van der Waals surface area contributed by atoms with Gasteiger partial charge >= 0.3 is 0 Å². The van der Waals surface area contributed by atoms with Crippen molar-refractivity contribution in [2.45, 2.75) is 38.5 Å². The standard InChI is InChI=1S/C19H25NO2/c1-4-18-17-7-5-13-11-14(22-3)6-8-15(13)16(17)9-10-19(18,2)12-20-21/h4,6,8,11-12,16-18,21H,1,5,7,9-10H2,2-3H3/b20-12+/t16-,17-,18+,19-/m1/s1. The third-order valence-electron chi connectivity index (χ3n) is 5.84. The summed E-state index contributed by atoms with van der Waals surface area (Å²) in [6.07, 6.45) is 8.21. The highest BCUT2D eigenvalue weighted by atomic mass is 16.5. The molecule has 0 saturated heterocycles. The maximum absolute atomic E-state index is 9.03.